The number of rotatable bonds is 6. The first kappa shape index (κ1) is 17.3. The summed E-state index contributed by atoms with van der Waals surface area (Å²) in [5.41, 5.74) is 1.48. The lowest BCUT2D eigenvalue weighted by Crippen LogP contribution is -2.46. The number of nitrogens with one attached hydrogen (secondary N) is 1. The van der Waals surface area contributed by atoms with Gasteiger partial charge in [-0.25, -0.2) is 0 Å². The van der Waals surface area contributed by atoms with Crippen LogP contribution in [0.2, 0.25) is 0 Å². The van der Waals surface area contributed by atoms with E-state index >= 15 is 0 Å². The van der Waals surface area contributed by atoms with Gasteiger partial charge in [-0.3, -0.25) is 0 Å². The zero-order valence-electron chi connectivity index (χ0n) is 13.9. The van der Waals surface area contributed by atoms with Crippen LogP contribution in [0.3, 0.4) is 0 Å². The molecule has 0 bridgehead atoms. The van der Waals surface area contributed by atoms with Crippen molar-refractivity contribution in [3.63, 3.8) is 0 Å². The predicted octanol–water partition coefficient (Wildman–Crippen LogP) is 5.01. The average molecular weight is 251 g/mol. The summed E-state index contributed by atoms with van der Waals surface area (Å²) in [6, 6.07) is 0. The van der Waals surface area contributed by atoms with Gasteiger partial charge in [0.25, 0.3) is 0 Å². The molecule has 0 saturated heterocycles. The zero-order valence-corrected chi connectivity index (χ0v) is 13.9. The van der Waals surface area contributed by atoms with Crippen molar-refractivity contribution < 1.29 is 0 Å². The van der Waals surface area contributed by atoms with E-state index in [4.69, 9.17) is 0 Å². The number of hydrogen-bond donors (Lipinski definition) is 1. The van der Waals surface area contributed by atoms with Gasteiger partial charge < -0.3 is 5.32 Å². The Morgan fingerprint density at radius 1 is 1.11 bits per heavy atom. The standard InChI is InChI=1S/C17H33N/c1-11-12-15(4,5)13(2)16(6,7)17(8,9)14(3)18-10/h11-13,18H,3H2,1-2,4-10H3. The summed E-state index contributed by atoms with van der Waals surface area (Å²) >= 11 is 0. The van der Waals surface area contributed by atoms with Crippen molar-refractivity contribution in [2.75, 3.05) is 7.05 Å². The van der Waals surface area contributed by atoms with E-state index in [1.54, 1.807) is 0 Å². The maximum absolute atomic E-state index is 4.19. The molecular formula is C17H33N. The van der Waals surface area contributed by atoms with Crippen LogP contribution in [0.4, 0.5) is 0 Å². The zero-order chi connectivity index (χ0) is 14.8. The molecule has 18 heavy (non-hydrogen) atoms. The molecule has 0 radical (unpaired) electrons. The fraction of sp³-hybridized carbons (Fsp3) is 0.765. The third-order valence-corrected chi connectivity index (χ3v) is 5.46. The third-order valence-electron chi connectivity index (χ3n) is 5.46. The SMILES string of the molecule is C=C(NC)C(C)(C)C(C)(C)C(C)C(C)(C)C=CC. The topological polar surface area (TPSA) is 12.0 Å². The summed E-state index contributed by atoms with van der Waals surface area (Å²) in [5, 5.41) is 3.24. The molecule has 0 aliphatic rings. The van der Waals surface area contributed by atoms with Crippen molar-refractivity contribution in [1.29, 1.82) is 0 Å². The van der Waals surface area contributed by atoms with E-state index in [-0.39, 0.29) is 16.2 Å². The first-order valence-electron chi connectivity index (χ1n) is 6.96. The van der Waals surface area contributed by atoms with Crippen LogP contribution in [-0.4, -0.2) is 7.05 Å². The molecule has 1 nitrogen and oxygen atoms in total. The Hall–Kier alpha value is -0.720. The van der Waals surface area contributed by atoms with Gasteiger partial charge in [-0.05, 0) is 23.7 Å². The molecule has 1 atom stereocenters. The summed E-state index contributed by atoms with van der Waals surface area (Å²) in [4.78, 5) is 0. The summed E-state index contributed by atoms with van der Waals surface area (Å²) in [7, 11) is 1.96. The van der Waals surface area contributed by atoms with E-state index < -0.39 is 0 Å². The molecule has 0 aromatic rings. The Kier molecular flexibility index (Phi) is 5.28. The molecule has 1 N–H and O–H groups in total. The van der Waals surface area contributed by atoms with Gasteiger partial charge in [0.2, 0.25) is 0 Å². The van der Waals surface area contributed by atoms with Crippen LogP contribution < -0.4 is 5.32 Å². The molecule has 106 valence electrons. The summed E-state index contributed by atoms with van der Waals surface area (Å²) in [5.74, 6) is 0.543. The number of hydrogen-bond acceptors (Lipinski definition) is 1. The Labute approximate surface area is 115 Å². The molecule has 1 unspecified atom stereocenters. The first-order valence-corrected chi connectivity index (χ1v) is 6.96. The minimum absolute atomic E-state index is 0.0417. The van der Waals surface area contributed by atoms with Gasteiger partial charge >= 0.3 is 0 Å². The van der Waals surface area contributed by atoms with Gasteiger partial charge in [0, 0.05) is 18.2 Å². The maximum atomic E-state index is 4.19. The molecule has 0 heterocycles. The van der Waals surface area contributed by atoms with Crippen LogP contribution in [-0.2, 0) is 0 Å². The quantitative estimate of drug-likeness (QED) is 0.654. The van der Waals surface area contributed by atoms with Crippen molar-refractivity contribution in [2.24, 2.45) is 22.2 Å². The molecule has 0 aromatic heterocycles. The highest BCUT2D eigenvalue weighted by atomic mass is 14.9. The predicted molar refractivity (Wildman–Crippen MR) is 83.5 cm³/mol. The molecule has 0 aromatic carbocycles. The molecule has 1 heteroatoms. The molecule has 0 spiro atoms. The van der Waals surface area contributed by atoms with E-state index in [1.807, 2.05) is 7.05 Å². The lowest BCUT2D eigenvalue weighted by molar-refractivity contribution is 0.0226. The summed E-state index contributed by atoms with van der Waals surface area (Å²) < 4.78 is 0. The van der Waals surface area contributed by atoms with Gasteiger partial charge in [-0.2, -0.15) is 0 Å². The smallest absolute Gasteiger partial charge is 0.00939 e. The summed E-state index contributed by atoms with van der Waals surface area (Å²) in [6.45, 7) is 22.6. The van der Waals surface area contributed by atoms with Crippen molar-refractivity contribution in [1.82, 2.24) is 5.32 Å². The van der Waals surface area contributed by atoms with Crippen molar-refractivity contribution >= 4 is 0 Å². The van der Waals surface area contributed by atoms with Crippen LogP contribution in [0.1, 0.15) is 55.4 Å². The third kappa shape index (κ3) is 2.99. The summed E-state index contributed by atoms with van der Waals surface area (Å²) in [6.07, 6.45) is 4.48. The highest BCUT2D eigenvalue weighted by molar-refractivity contribution is 5.13. The Morgan fingerprint density at radius 2 is 1.56 bits per heavy atom. The van der Waals surface area contributed by atoms with Crippen molar-refractivity contribution in [2.45, 2.75) is 55.4 Å². The molecule has 0 amide bonds. The highest BCUT2D eigenvalue weighted by Gasteiger charge is 2.46. The lowest BCUT2D eigenvalue weighted by atomic mass is 9.54. The van der Waals surface area contributed by atoms with Crippen LogP contribution in [0, 0.1) is 22.2 Å². The van der Waals surface area contributed by atoms with Gasteiger partial charge in [-0.15, -0.1) is 0 Å². The monoisotopic (exact) mass is 251 g/mol. The Morgan fingerprint density at radius 3 is 1.89 bits per heavy atom. The molecule has 0 rings (SSSR count). The second kappa shape index (κ2) is 5.50. The molecular weight excluding hydrogens is 218 g/mol. The molecule has 0 saturated carbocycles. The highest BCUT2D eigenvalue weighted by Crippen LogP contribution is 2.53. The Balaban J connectivity index is 5.44. The minimum atomic E-state index is 0.0417. The normalized spacial score (nSPS) is 15.8. The minimum Gasteiger partial charge on any atom is -0.391 e. The van der Waals surface area contributed by atoms with Gasteiger partial charge in [0.05, 0.1) is 0 Å². The van der Waals surface area contributed by atoms with E-state index in [0.717, 1.165) is 5.70 Å². The first-order chi connectivity index (χ1) is 7.95. The van der Waals surface area contributed by atoms with E-state index in [0.29, 0.717) is 5.92 Å². The van der Waals surface area contributed by atoms with Gasteiger partial charge in [0.1, 0.15) is 0 Å². The van der Waals surface area contributed by atoms with E-state index in [2.05, 4.69) is 79.4 Å². The van der Waals surface area contributed by atoms with Crippen LogP contribution in [0.25, 0.3) is 0 Å². The number of allylic oxidation sites excluding steroid dienone is 3. The van der Waals surface area contributed by atoms with Crippen LogP contribution in [0.5, 0.6) is 0 Å². The second-order valence-electron chi connectivity index (χ2n) is 7.12. The van der Waals surface area contributed by atoms with Crippen molar-refractivity contribution in [3.8, 4) is 0 Å². The fourth-order valence-corrected chi connectivity index (χ4v) is 2.75. The molecule has 0 fully saturated rings. The van der Waals surface area contributed by atoms with Crippen LogP contribution in [0.15, 0.2) is 24.4 Å². The Bertz CT molecular complexity index is 319. The fourth-order valence-electron chi connectivity index (χ4n) is 2.75. The lowest BCUT2D eigenvalue weighted by Gasteiger charge is -2.51. The average Bonchev–Trinajstić information content (AvgIpc) is 2.26. The molecule has 0 aliphatic carbocycles. The second-order valence-corrected chi connectivity index (χ2v) is 7.12. The van der Waals surface area contributed by atoms with Crippen molar-refractivity contribution in [3.05, 3.63) is 24.4 Å². The van der Waals surface area contributed by atoms with E-state index in [1.165, 1.54) is 0 Å². The van der Waals surface area contributed by atoms with Gasteiger partial charge in [0.15, 0.2) is 0 Å². The molecule has 0 aliphatic heterocycles. The van der Waals surface area contributed by atoms with Crippen LogP contribution >= 0.6 is 0 Å². The maximum Gasteiger partial charge on any atom is 0.00939 e. The van der Waals surface area contributed by atoms with Gasteiger partial charge in [-0.1, -0.05) is 67.2 Å². The van der Waals surface area contributed by atoms with E-state index in [9.17, 15) is 0 Å². The largest absolute Gasteiger partial charge is 0.391 e.